The van der Waals surface area contributed by atoms with Crippen LogP contribution in [0.3, 0.4) is 0 Å². The van der Waals surface area contributed by atoms with Crippen molar-refractivity contribution >= 4 is 55.2 Å². The summed E-state index contributed by atoms with van der Waals surface area (Å²) >= 11 is 7.01. The minimum atomic E-state index is -1.56. The van der Waals surface area contributed by atoms with Gasteiger partial charge in [-0.15, -0.1) is 0 Å². The van der Waals surface area contributed by atoms with Crippen molar-refractivity contribution in [2.75, 3.05) is 44.3 Å². The van der Waals surface area contributed by atoms with Crippen LogP contribution in [-0.2, 0) is 19.1 Å². The number of nitrogens with zero attached hydrogens (tertiary/aromatic N) is 2. The Labute approximate surface area is 233 Å². The summed E-state index contributed by atoms with van der Waals surface area (Å²) in [6.07, 6.45) is 0.155. The van der Waals surface area contributed by atoms with Gasteiger partial charge in [0.25, 0.3) is 0 Å². The molecule has 0 aromatic heterocycles. The Morgan fingerprint density at radius 2 is 1.30 bits per heavy atom. The second kappa shape index (κ2) is 11.6. The van der Waals surface area contributed by atoms with Gasteiger partial charge in [0.2, 0.25) is 0 Å². The Balaban J connectivity index is 1.93. The molecule has 1 fully saturated rings. The number of hydrogen-bond donors (Lipinski definition) is 0. The normalized spacial score (nSPS) is 17.1. The summed E-state index contributed by atoms with van der Waals surface area (Å²) in [6.45, 7) is 0.503. The number of carbonyl (C=O) groups is 2. The molecule has 1 atom stereocenters. The lowest BCUT2D eigenvalue weighted by Gasteiger charge is -2.36. The van der Waals surface area contributed by atoms with Crippen molar-refractivity contribution in [3.05, 3.63) is 87.3 Å². The number of benzene rings is 3. The highest BCUT2D eigenvalue weighted by Crippen LogP contribution is 2.44. The Morgan fingerprint density at radius 3 is 1.78 bits per heavy atom. The van der Waals surface area contributed by atoms with Crippen LogP contribution in [0.2, 0.25) is 0 Å². The van der Waals surface area contributed by atoms with E-state index in [1.54, 1.807) is 7.11 Å². The van der Waals surface area contributed by atoms with Crippen LogP contribution < -0.4 is 14.5 Å². The summed E-state index contributed by atoms with van der Waals surface area (Å²) in [5, 5.41) is 0. The number of rotatable bonds is 6. The van der Waals surface area contributed by atoms with Crippen molar-refractivity contribution in [1.29, 1.82) is 0 Å². The van der Waals surface area contributed by atoms with Gasteiger partial charge in [-0.25, -0.2) is 0 Å². The van der Waals surface area contributed by atoms with Crippen molar-refractivity contribution in [3.8, 4) is 5.75 Å². The molecule has 0 saturated carbocycles. The molecule has 0 aliphatic carbocycles. The van der Waals surface area contributed by atoms with E-state index in [-0.39, 0.29) is 19.0 Å². The summed E-state index contributed by atoms with van der Waals surface area (Å²) in [6, 6.07) is 23.1. The molecule has 0 N–H and O–H groups in total. The molecule has 37 heavy (non-hydrogen) atoms. The van der Waals surface area contributed by atoms with E-state index in [1.807, 2.05) is 77.7 Å². The van der Waals surface area contributed by atoms with Gasteiger partial charge in [0, 0.05) is 33.3 Å². The summed E-state index contributed by atoms with van der Waals surface area (Å²) in [5.41, 5.74) is 1.17. The van der Waals surface area contributed by atoms with Gasteiger partial charge >= 0.3 is 11.9 Å². The van der Waals surface area contributed by atoms with Crippen LogP contribution in [0.25, 0.3) is 0 Å². The summed E-state index contributed by atoms with van der Waals surface area (Å²) in [4.78, 5) is 31.1. The van der Waals surface area contributed by atoms with Crippen LogP contribution in [0.5, 0.6) is 5.75 Å². The molecule has 3 aromatic carbocycles. The summed E-state index contributed by atoms with van der Waals surface area (Å²) in [7, 11) is 4.22. The first kappa shape index (κ1) is 27.0. The number of halogens is 2. The third-order valence-corrected chi connectivity index (χ3v) is 7.76. The van der Waals surface area contributed by atoms with Crippen LogP contribution in [-0.4, -0.2) is 46.5 Å². The standard InChI is InChI=1S/C28H28Br2N2O5/c1-35-24-14-4-19(5-15-24)25-16-28(26(33)36-2,27(34)37-3)17-31(22-10-6-20(29)7-11-22)18-32(25)23-12-8-21(30)9-13-23/h4-15,25H,16-18H2,1-3H3. The first-order chi connectivity index (χ1) is 17.8. The molecule has 4 rings (SSSR count). The van der Waals surface area contributed by atoms with Crippen LogP contribution >= 0.6 is 31.9 Å². The number of hydrogen-bond acceptors (Lipinski definition) is 7. The fraction of sp³-hybridized carbons (Fsp3) is 0.286. The molecule has 3 aromatic rings. The van der Waals surface area contributed by atoms with Gasteiger partial charge in [0.15, 0.2) is 5.41 Å². The van der Waals surface area contributed by atoms with E-state index in [4.69, 9.17) is 14.2 Å². The molecule has 1 heterocycles. The van der Waals surface area contributed by atoms with Gasteiger partial charge in [-0.1, -0.05) is 44.0 Å². The molecule has 194 valence electrons. The fourth-order valence-electron chi connectivity index (χ4n) is 4.78. The largest absolute Gasteiger partial charge is 0.497 e. The third kappa shape index (κ3) is 5.62. The molecule has 1 aliphatic heterocycles. The Kier molecular flexibility index (Phi) is 8.44. The van der Waals surface area contributed by atoms with E-state index < -0.39 is 17.4 Å². The van der Waals surface area contributed by atoms with Crippen LogP contribution in [0.4, 0.5) is 11.4 Å². The van der Waals surface area contributed by atoms with Crippen LogP contribution in [0, 0.1) is 5.41 Å². The van der Waals surface area contributed by atoms with E-state index in [0.717, 1.165) is 31.6 Å². The number of carbonyl (C=O) groups excluding carboxylic acids is 2. The molecule has 1 saturated heterocycles. The fourth-order valence-corrected chi connectivity index (χ4v) is 5.30. The van der Waals surface area contributed by atoms with Crippen molar-refractivity contribution in [2.24, 2.45) is 5.41 Å². The summed E-state index contributed by atoms with van der Waals surface area (Å²) in [5.74, 6) is -0.536. The number of ether oxygens (including phenoxy) is 3. The molecular formula is C28H28Br2N2O5. The number of anilines is 2. The smallest absolute Gasteiger partial charge is 0.325 e. The van der Waals surface area contributed by atoms with E-state index in [0.29, 0.717) is 6.67 Å². The molecule has 1 aliphatic rings. The zero-order chi connectivity index (χ0) is 26.6. The second-order valence-corrected chi connectivity index (χ2v) is 10.7. The van der Waals surface area contributed by atoms with Crippen LogP contribution in [0.1, 0.15) is 18.0 Å². The average Bonchev–Trinajstić information content (AvgIpc) is 3.12. The zero-order valence-electron chi connectivity index (χ0n) is 20.8. The second-order valence-electron chi connectivity index (χ2n) is 8.82. The van der Waals surface area contributed by atoms with E-state index in [9.17, 15) is 9.59 Å². The van der Waals surface area contributed by atoms with Gasteiger partial charge in [-0.2, -0.15) is 0 Å². The van der Waals surface area contributed by atoms with Gasteiger partial charge in [0.1, 0.15) is 5.75 Å². The molecular weight excluding hydrogens is 604 g/mol. The minimum Gasteiger partial charge on any atom is -0.497 e. The maximum atomic E-state index is 13.4. The summed E-state index contributed by atoms with van der Waals surface area (Å²) < 4.78 is 17.7. The molecule has 7 nitrogen and oxygen atoms in total. The maximum absolute atomic E-state index is 13.4. The van der Waals surface area contributed by atoms with Gasteiger partial charge in [0.05, 0.1) is 34.0 Å². The lowest BCUT2D eigenvalue weighted by Crippen LogP contribution is -2.49. The highest BCUT2D eigenvalue weighted by Gasteiger charge is 2.54. The lowest BCUT2D eigenvalue weighted by molar-refractivity contribution is -0.169. The van der Waals surface area contributed by atoms with Gasteiger partial charge in [-0.3, -0.25) is 9.59 Å². The Morgan fingerprint density at radius 1 is 0.784 bits per heavy atom. The SMILES string of the molecule is COC(=O)C1(C(=O)OC)CC(c2ccc(OC)cc2)N(c2ccc(Br)cc2)CN(c2ccc(Br)cc2)C1. The van der Waals surface area contributed by atoms with Crippen molar-refractivity contribution in [2.45, 2.75) is 12.5 Å². The minimum absolute atomic E-state index is 0.0909. The van der Waals surface area contributed by atoms with Gasteiger partial charge in [-0.05, 0) is 66.2 Å². The highest BCUT2D eigenvalue weighted by atomic mass is 79.9. The Hall–Kier alpha value is -3.04. The molecule has 0 radical (unpaired) electrons. The van der Waals surface area contributed by atoms with Crippen LogP contribution in [0.15, 0.2) is 81.7 Å². The number of methoxy groups -OCH3 is 3. The van der Waals surface area contributed by atoms with E-state index in [1.165, 1.54) is 14.2 Å². The van der Waals surface area contributed by atoms with Gasteiger partial charge < -0.3 is 24.0 Å². The topological polar surface area (TPSA) is 68.3 Å². The first-order valence-electron chi connectivity index (χ1n) is 11.6. The predicted molar refractivity (Wildman–Crippen MR) is 150 cm³/mol. The first-order valence-corrected chi connectivity index (χ1v) is 13.2. The lowest BCUT2D eigenvalue weighted by atomic mass is 9.79. The van der Waals surface area contributed by atoms with Crippen molar-refractivity contribution < 1.29 is 23.8 Å². The van der Waals surface area contributed by atoms with Crippen molar-refractivity contribution in [1.82, 2.24) is 0 Å². The van der Waals surface area contributed by atoms with E-state index in [2.05, 4.69) is 36.8 Å². The third-order valence-electron chi connectivity index (χ3n) is 6.70. The molecule has 0 amide bonds. The maximum Gasteiger partial charge on any atom is 0.325 e. The number of esters is 2. The molecule has 1 unspecified atom stereocenters. The average molecular weight is 632 g/mol. The predicted octanol–water partition coefficient (Wildman–Crippen LogP) is 5.97. The quantitative estimate of drug-likeness (QED) is 0.245. The van der Waals surface area contributed by atoms with Crippen molar-refractivity contribution in [3.63, 3.8) is 0 Å². The molecule has 9 heteroatoms. The zero-order valence-corrected chi connectivity index (χ0v) is 24.0. The van der Waals surface area contributed by atoms with E-state index >= 15 is 0 Å². The Bertz CT molecular complexity index is 1220. The molecule has 0 spiro atoms. The molecule has 0 bridgehead atoms. The monoisotopic (exact) mass is 630 g/mol. The highest BCUT2D eigenvalue weighted by molar-refractivity contribution is 9.10.